The number of piperidine rings is 1. The summed E-state index contributed by atoms with van der Waals surface area (Å²) in [6.45, 7) is 1.51. The number of fused-ring (bicyclic) bond motifs is 1. The fourth-order valence-corrected chi connectivity index (χ4v) is 3.62. The van der Waals surface area contributed by atoms with Crippen LogP contribution in [-0.2, 0) is 4.79 Å². The molecule has 0 bridgehead atoms. The molecule has 0 saturated carbocycles. The first kappa shape index (κ1) is 14.6. The van der Waals surface area contributed by atoms with Crippen LogP contribution in [0.3, 0.4) is 0 Å². The Hall–Kier alpha value is -1.33. The molecular weight excluding hydrogens is 354 g/mol. The van der Waals surface area contributed by atoms with Gasteiger partial charge in [0.1, 0.15) is 5.82 Å². The number of carbonyl (C=O) groups excluding carboxylic acids is 1. The minimum atomic E-state index is -0.234. The number of hydrogen-bond donors (Lipinski definition) is 1. The van der Waals surface area contributed by atoms with Crippen molar-refractivity contribution in [2.75, 3.05) is 18.0 Å². The van der Waals surface area contributed by atoms with Crippen LogP contribution < -0.4 is 10.6 Å². The highest BCUT2D eigenvalue weighted by atomic mass is 79.9. The highest BCUT2D eigenvalue weighted by Crippen LogP contribution is 2.30. The van der Waals surface area contributed by atoms with Gasteiger partial charge in [0, 0.05) is 22.9 Å². The number of rotatable bonds is 2. The van der Waals surface area contributed by atoms with E-state index in [1.165, 1.54) is 0 Å². The van der Waals surface area contributed by atoms with Crippen LogP contribution in [0.1, 0.15) is 12.8 Å². The van der Waals surface area contributed by atoms with E-state index in [1.807, 2.05) is 24.3 Å². The predicted molar refractivity (Wildman–Crippen MR) is 88.6 cm³/mol. The SMILES string of the molecule is NC(=O)C1CCCN(c2ccc3cc(Br)cc(Cl)c3n2)C1. The fourth-order valence-electron chi connectivity index (χ4n) is 2.74. The molecular formula is C15H15BrClN3O. The van der Waals surface area contributed by atoms with Crippen molar-refractivity contribution in [1.82, 2.24) is 4.98 Å². The number of nitrogens with zero attached hydrogens (tertiary/aromatic N) is 2. The molecule has 21 heavy (non-hydrogen) atoms. The zero-order chi connectivity index (χ0) is 15.0. The smallest absolute Gasteiger partial charge is 0.222 e. The van der Waals surface area contributed by atoms with Gasteiger partial charge in [-0.2, -0.15) is 0 Å². The van der Waals surface area contributed by atoms with E-state index in [0.717, 1.165) is 40.6 Å². The second-order valence-electron chi connectivity index (χ2n) is 5.32. The molecule has 1 saturated heterocycles. The number of amides is 1. The average Bonchev–Trinajstić information content (AvgIpc) is 2.47. The number of carbonyl (C=O) groups is 1. The molecule has 1 aromatic heterocycles. The van der Waals surface area contributed by atoms with Crippen LogP contribution in [0, 0.1) is 5.92 Å². The number of nitrogens with two attached hydrogens (primary N) is 1. The summed E-state index contributed by atoms with van der Waals surface area (Å²) in [6, 6.07) is 7.79. The van der Waals surface area contributed by atoms with Crippen LogP contribution in [0.15, 0.2) is 28.7 Å². The quantitative estimate of drug-likeness (QED) is 0.884. The van der Waals surface area contributed by atoms with Crippen molar-refractivity contribution in [3.8, 4) is 0 Å². The molecule has 1 aromatic carbocycles. The van der Waals surface area contributed by atoms with Gasteiger partial charge in [-0.15, -0.1) is 0 Å². The Balaban J connectivity index is 1.95. The molecule has 1 aliphatic heterocycles. The summed E-state index contributed by atoms with van der Waals surface area (Å²) in [5.74, 6) is 0.511. The predicted octanol–water partition coefficient (Wildman–Crippen LogP) is 3.35. The van der Waals surface area contributed by atoms with Crippen LogP contribution in [-0.4, -0.2) is 24.0 Å². The zero-order valence-electron chi connectivity index (χ0n) is 11.4. The van der Waals surface area contributed by atoms with Crippen molar-refractivity contribution < 1.29 is 4.79 Å². The maximum atomic E-state index is 11.4. The van der Waals surface area contributed by atoms with Crippen molar-refractivity contribution in [3.05, 3.63) is 33.8 Å². The number of anilines is 1. The first-order valence-electron chi connectivity index (χ1n) is 6.84. The summed E-state index contributed by atoms with van der Waals surface area (Å²) in [5, 5.41) is 1.60. The van der Waals surface area contributed by atoms with Gasteiger partial charge in [-0.1, -0.05) is 27.5 Å². The highest BCUT2D eigenvalue weighted by Gasteiger charge is 2.24. The molecule has 0 aliphatic carbocycles. The lowest BCUT2D eigenvalue weighted by Gasteiger charge is -2.32. The molecule has 4 nitrogen and oxygen atoms in total. The molecule has 6 heteroatoms. The summed E-state index contributed by atoms with van der Waals surface area (Å²) in [7, 11) is 0. The molecule has 110 valence electrons. The van der Waals surface area contributed by atoms with Crippen molar-refractivity contribution in [2.24, 2.45) is 11.7 Å². The van der Waals surface area contributed by atoms with E-state index >= 15 is 0 Å². The van der Waals surface area contributed by atoms with Crippen molar-refractivity contribution in [3.63, 3.8) is 0 Å². The zero-order valence-corrected chi connectivity index (χ0v) is 13.7. The van der Waals surface area contributed by atoms with Crippen LogP contribution >= 0.6 is 27.5 Å². The third kappa shape index (κ3) is 2.99. The molecule has 0 spiro atoms. The molecule has 2 aromatic rings. The number of hydrogen-bond acceptors (Lipinski definition) is 3. The van der Waals surface area contributed by atoms with E-state index in [4.69, 9.17) is 17.3 Å². The van der Waals surface area contributed by atoms with E-state index in [0.29, 0.717) is 11.6 Å². The minimum absolute atomic E-state index is 0.100. The molecule has 1 aliphatic rings. The molecule has 1 amide bonds. The monoisotopic (exact) mass is 367 g/mol. The summed E-state index contributed by atoms with van der Waals surface area (Å²) >= 11 is 9.70. The lowest BCUT2D eigenvalue weighted by molar-refractivity contribution is -0.122. The molecule has 1 atom stereocenters. The molecule has 1 fully saturated rings. The largest absolute Gasteiger partial charge is 0.369 e. The second kappa shape index (κ2) is 5.81. The van der Waals surface area contributed by atoms with Crippen molar-refractivity contribution in [1.29, 1.82) is 0 Å². The summed E-state index contributed by atoms with van der Waals surface area (Å²) in [4.78, 5) is 18.1. The molecule has 0 radical (unpaired) electrons. The van der Waals surface area contributed by atoms with E-state index in [1.54, 1.807) is 0 Å². The number of benzene rings is 1. The Labute approximate surface area is 136 Å². The third-order valence-electron chi connectivity index (χ3n) is 3.84. The highest BCUT2D eigenvalue weighted by molar-refractivity contribution is 9.10. The van der Waals surface area contributed by atoms with Gasteiger partial charge in [0.25, 0.3) is 0 Å². The van der Waals surface area contributed by atoms with Gasteiger partial charge >= 0.3 is 0 Å². The van der Waals surface area contributed by atoms with E-state index in [-0.39, 0.29) is 11.8 Å². The maximum Gasteiger partial charge on any atom is 0.222 e. The number of primary amides is 1. The van der Waals surface area contributed by atoms with Crippen molar-refractivity contribution >= 4 is 50.2 Å². The van der Waals surface area contributed by atoms with E-state index in [2.05, 4.69) is 25.8 Å². The average molecular weight is 369 g/mol. The van der Waals surface area contributed by atoms with E-state index in [9.17, 15) is 4.79 Å². The molecule has 2 heterocycles. The lowest BCUT2D eigenvalue weighted by atomic mass is 9.97. The van der Waals surface area contributed by atoms with Crippen LogP contribution in [0.5, 0.6) is 0 Å². The summed E-state index contributed by atoms with van der Waals surface area (Å²) < 4.78 is 0.932. The normalized spacial score (nSPS) is 19.0. The molecule has 1 unspecified atom stereocenters. The number of aromatic nitrogens is 1. The van der Waals surface area contributed by atoms with Gasteiger partial charge in [-0.25, -0.2) is 4.98 Å². The van der Waals surface area contributed by atoms with Gasteiger partial charge in [-0.3, -0.25) is 4.79 Å². The maximum absolute atomic E-state index is 11.4. The Morgan fingerprint density at radius 2 is 2.24 bits per heavy atom. The first-order valence-corrected chi connectivity index (χ1v) is 8.02. The standard InChI is InChI=1S/C15H15BrClN3O/c16-11-6-9-3-4-13(19-14(9)12(17)7-11)20-5-1-2-10(8-20)15(18)21/h3-4,6-7,10H,1-2,5,8H2,(H2,18,21). The second-order valence-corrected chi connectivity index (χ2v) is 6.64. The minimum Gasteiger partial charge on any atom is -0.369 e. The van der Waals surface area contributed by atoms with Crippen LogP contribution in [0.2, 0.25) is 5.02 Å². The van der Waals surface area contributed by atoms with E-state index < -0.39 is 0 Å². The lowest BCUT2D eigenvalue weighted by Crippen LogP contribution is -2.41. The first-order chi connectivity index (χ1) is 10.0. The number of halogens is 2. The van der Waals surface area contributed by atoms with Gasteiger partial charge < -0.3 is 10.6 Å². The Morgan fingerprint density at radius 1 is 1.43 bits per heavy atom. The fraction of sp³-hybridized carbons (Fsp3) is 0.333. The topological polar surface area (TPSA) is 59.2 Å². The molecule has 2 N–H and O–H groups in total. The summed E-state index contributed by atoms with van der Waals surface area (Å²) in [6.07, 6.45) is 1.80. The summed E-state index contributed by atoms with van der Waals surface area (Å²) in [5.41, 5.74) is 6.20. The Morgan fingerprint density at radius 3 is 3.00 bits per heavy atom. The third-order valence-corrected chi connectivity index (χ3v) is 4.59. The Bertz CT molecular complexity index is 707. The van der Waals surface area contributed by atoms with Gasteiger partial charge in [0.05, 0.1) is 16.5 Å². The van der Waals surface area contributed by atoms with Gasteiger partial charge in [0.2, 0.25) is 5.91 Å². The molecule has 3 rings (SSSR count). The number of pyridine rings is 1. The van der Waals surface area contributed by atoms with Gasteiger partial charge in [-0.05, 0) is 37.1 Å². The van der Waals surface area contributed by atoms with Gasteiger partial charge in [0.15, 0.2) is 0 Å². The van der Waals surface area contributed by atoms with Crippen molar-refractivity contribution in [2.45, 2.75) is 12.8 Å². The van der Waals surface area contributed by atoms with Crippen LogP contribution in [0.4, 0.5) is 5.82 Å². The van der Waals surface area contributed by atoms with Crippen LogP contribution in [0.25, 0.3) is 10.9 Å². The Kier molecular flexibility index (Phi) is 4.04.